The lowest BCUT2D eigenvalue weighted by atomic mass is 10.2. The molecule has 1 N–H and O–H groups in total. The number of aryl methyl sites for hydroxylation is 1. The Hall–Kier alpha value is -2.17. The molecule has 4 nitrogen and oxygen atoms in total. The molecule has 0 radical (unpaired) electrons. The SMILES string of the molecule is CCn1cnc(C(=O)NCc2ccc(F)cc2)c1. The van der Waals surface area contributed by atoms with E-state index in [2.05, 4.69) is 10.3 Å². The Balaban J connectivity index is 1.93. The van der Waals surface area contributed by atoms with E-state index in [1.807, 2.05) is 11.5 Å². The van der Waals surface area contributed by atoms with Gasteiger partial charge in [-0.05, 0) is 24.6 Å². The number of nitrogens with one attached hydrogen (secondary N) is 1. The normalized spacial score (nSPS) is 10.3. The highest BCUT2D eigenvalue weighted by atomic mass is 19.1. The van der Waals surface area contributed by atoms with E-state index in [1.165, 1.54) is 12.1 Å². The lowest BCUT2D eigenvalue weighted by molar-refractivity contribution is 0.0946. The molecule has 0 atom stereocenters. The molecule has 94 valence electrons. The van der Waals surface area contributed by atoms with Gasteiger partial charge in [-0.1, -0.05) is 12.1 Å². The van der Waals surface area contributed by atoms with Crippen LogP contribution in [0.1, 0.15) is 23.0 Å². The molecule has 1 heterocycles. The maximum Gasteiger partial charge on any atom is 0.271 e. The van der Waals surface area contributed by atoms with E-state index in [0.717, 1.165) is 12.1 Å². The Kier molecular flexibility index (Phi) is 3.72. The van der Waals surface area contributed by atoms with Crippen LogP contribution in [0.3, 0.4) is 0 Å². The monoisotopic (exact) mass is 247 g/mol. The second-order valence-corrected chi connectivity index (χ2v) is 3.90. The maximum atomic E-state index is 12.7. The van der Waals surface area contributed by atoms with Gasteiger partial charge in [0.25, 0.3) is 5.91 Å². The summed E-state index contributed by atoms with van der Waals surface area (Å²) in [4.78, 5) is 15.8. The van der Waals surface area contributed by atoms with Gasteiger partial charge in [0.2, 0.25) is 0 Å². The lowest BCUT2D eigenvalue weighted by Crippen LogP contribution is -2.23. The number of imidazole rings is 1. The summed E-state index contributed by atoms with van der Waals surface area (Å²) in [6.45, 7) is 3.11. The fourth-order valence-electron chi connectivity index (χ4n) is 1.53. The molecule has 0 unspecified atom stereocenters. The average Bonchev–Trinajstić information content (AvgIpc) is 2.86. The number of benzene rings is 1. The highest BCUT2D eigenvalue weighted by Gasteiger charge is 2.08. The van der Waals surface area contributed by atoms with E-state index in [0.29, 0.717) is 12.2 Å². The second kappa shape index (κ2) is 5.44. The van der Waals surface area contributed by atoms with E-state index in [9.17, 15) is 9.18 Å². The molecule has 5 heteroatoms. The van der Waals surface area contributed by atoms with Crippen LogP contribution in [0.15, 0.2) is 36.8 Å². The topological polar surface area (TPSA) is 46.9 Å². The number of halogens is 1. The Morgan fingerprint density at radius 2 is 2.11 bits per heavy atom. The van der Waals surface area contributed by atoms with Crippen molar-refractivity contribution in [2.45, 2.75) is 20.0 Å². The van der Waals surface area contributed by atoms with Gasteiger partial charge in [0, 0.05) is 19.3 Å². The molecule has 18 heavy (non-hydrogen) atoms. The van der Waals surface area contributed by atoms with Gasteiger partial charge in [-0.2, -0.15) is 0 Å². The summed E-state index contributed by atoms with van der Waals surface area (Å²) >= 11 is 0. The first-order valence-corrected chi connectivity index (χ1v) is 5.73. The van der Waals surface area contributed by atoms with Crippen LogP contribution in [0, 0.1) is 5.82 Å². The Morgan fingerprint density at radius 3 is 2.72 bits per heavy atom. The number of hydrogen-bond donors (Lipinski definition) is 1. The molecular weight excluding hydrogens is 233 g/mol. The zero-order valence-corrected chi connectivity index (χ0v) is 10.1. The first kappa shape index (κ1) is 12.3. The van der Waals surface area contributed by atoms with Crippen LogP contribution in [-0.4, -0.2) is 15.5 Å². The summed E-state index contributed by atoms with van der Waals surface area (Å²) in [6.07, 6.45) is 3.31. The number of carbonyl (C=O) groups is 1. The number of amides is 1. The van der Waals surface area contributed by atoms with Gasteiger partial charge in [0.1, 0.15) is 11.5 Å². The van der Waals surface area contributed by atoms with Gasteiger partial charge in [-0.25, -0.2) is 9.37 Å². The minimum atomic E-state index is -0.285. The van der Waals surface area contributed by atoms with Crippen LogP contribution in [0.4, 0.5) is 4.39 Å². The van der Waals surface area contributed by atoms with Gasteiger partial charge in [-0.15, -0.1) is 0 Å². The third kappa shape index (κ3) is 2.94. The van der Waals surface area contributed by atoms with Crippen molar-refractivity contribution < 1.29 is 9.18 Å². The Bertz CT molecular complexity index is 533. The molecule has 1 aromatic carbocycles. The number of aromatic nitrogens is 2. The smallest absolute Gasteiger partial charge is 0.271 e. The van der Waals surface area contributed by atoms with Crippen LogP contribution in [0.5, 0.6) is 0 Å². The molecule has 0 aliphatic rings. The molecule has 0 saturated carbocycles. The third-order valence-corrected chi connectivity index (χ3v) is 2.60. The van der Waals surface area contributed by atoms with Crippen LogP contribution >= 0.6 is 0 Å². The van der Waals surface area contributed by atoms with Crippen molar-refractivity contribution in [2.24, 2.45) is 0 Å². The van der Waals surface area contributed by atoms with Gasteiger partial charge >= 0.3 is 0 Å². The van der Waals surface area contributed by atoms with Crippen LogP contribution in [0.25, 0.3) is 0 Å². The van der Waals surface area contributed by atoms with Gasteiger partial charge in [0.15, 0.2) is 0 Å². The number of carbonyl (C=O) groups excluding carboxylic acids is 1. The summed E-state index contributed by atoms with van der Waals surface area (Å²) in [5.41, 5.74) is 1.23. The van der Waals surface area contributed by atoms with E-state index >= 15 is 0 Å². The average molecular weight is 247 g/mol. The molecule has 0 bridgehead atoms. The predicted molar refractivity (Wildman–Crippen MR) is 65.5 cm³/mol. The summed E-state index contributed by atoms with van der Waals surface area (Å²) in [6, 6.07) is 6.01. The molecule has 2 aromatic rings. The van der Waals surface area contributed by atoms with Gasteiger partial charge < -0.3 is 9.88 Å². The standard InChI is InChI=1S/C13H14FN3O/c1-2-17-8-12(16-9-17)13(18)15-7-10-3-5-11(14)6-4-10/h3-6,8-9H,2,7H2,1H3,(H,15,18). The van der Waals surface area contributed by atoms with Gasteiger partial charge in [0.05, 0.1) is 6.33 Å². The number of hydrogen-bond acceptors (Lipinski definition) is 2. The van der Waals surface area contributed by atoms with Crippen LogP contribution in [-0.2, 0) is 13.1 Å². The van der Waals surface area contributed by atoms with Crippen molar-refractivity contribution in [2.75, 3.05) is 0 Å². The quantitative estimate of drug-likeness (QED) is 0.897. The van der Waals surface area contributed by atoms with Crippen molar-refractivity contribution in [3.63, 3.8) is 0 Å². The summed E-state index contributed by atoms with van der Waals surface area (Å²) in [5, 5.41) is 2.73. The second-order valence-electron chi connectivity index (χ2n) is 3.90. The van der Waals surface area contributed by atoms with Gasteiger partial charge in [-0.3, -0.25) is 4.79 Å². The van der Waals surface area contributed by atoms with Crippen molar-refractivity contribution in [1.82, 2.24) is 14.9 Å². The fraction of sp³-hybridized carbons (Fsp3) is 0.231. The molecule has 0 aliphatic carbocycles. The minimum Gasteiger partial charge on any atom is -0.347 e. The maximum absolute atomic E-state index is 12.7. The van der Waals surface area contributed by atoms with Crippen molar-refractivity contribution in [3.8, 4) is 0 Å². The molecule has 0 spiro atoms. The molecule has 2 rings (SSSR count). The molecule has 0 saturated heterocycles. The molecular formula is C13H14FN3O. The Morgan fingerprint density at radius 1 is 1.39 bits per heavy atom. The highest BCUT2D eigenvalue weighted by Crippen LogP contribution is 2.03. The van der Waals surface area contributed by atoms with Crippen molar-refractivity contribution in [3.05, 3.63) is 53.9 Å². The molecule has 1 amide bonds. The number of rotatable bonds is 4. The summed E-state index contributed by atoms with van der Waals surface area (Å²) in [7, 11) is 0. The first-order valence-electron chi connectivity index (χ1n) is 5.73. The van der Waals surface area contributed by atoms with E-state index in [1.54, 1.807) is 24.7 Å². The van der Waals surface area contributed by atoms with Crippen LogP contribution < -0.4 is 5.32 Å². The van der Waals surface area contributed by atoms with Crippen molar-refractivity contribution >= 4 is 5.91 Å². The predicted octanol–water partition coefficient (Wildman–Crippen LogP) is 1.97. The fourth-order valence-corrected chi connectivity index (χ4v) is 1.53. The zero-order chi connectivity index (χ0) is 13.0. The summed E-state index contributed by atoms with van der Waals surface area (Å²) < 4.78 is 14.5. The number of nitrogens with zero attached hydrogens (tertiary/aromatic N) is 2. The van der Waals surface area contributed by atoms with E-state index in [-0.39, 0.29) is 11.7 Å². The van der Waals surface area contributed by atoms with Crippen LogP contribution in [0.2, 0.25) is 0 Å². The Labute approximate surface area is 104 Å². The molecule has 0 aliphatic heterocycles. The van der Waals surface area contributed by atoms with Crippen molar-refractivity contribution in [1.29, 1.82) is 0 Å². The zero-order valence-electron chi connectivity index (χ0n) is 10.1. The molecule has 1 aromatic heterocycles. The van der Waals surface area contributed by atoms with E-state index in [4.69, 9.17) is 0 Å². The third-order valence-electron chi connectivity index (χ3n) is 2.60. The van der Waals surface area contributed by atoms with E-state index < -0.39 is 0 Å². The minimum absolute atomic E-state index is 0.230. The lowest BCUT2D eigenvalue weighted by Gasteiger charge is -2.03. The largest absolute Gasteiger partial charge is 0.347 e. The molecule has 0 fully saturated rings. The summed E-state index contributed by atoms with van der Waals surface area (Å²) in [5.74, 6) is -0.515. The first-order chi connectivity index (χ1) is 8.69. The highest BCUT2D eigenvalue weighted by molar-refractivity contribution is 5.91.